The highest BCUT2D eigenvalue weighted by Crippen LogP contribution is 2.61. The molecule has 1 saturated carbocycles. The van der Waals surface area contributed by atoms with Crippen LogP contribution in [-0.4, -0.2) is 67.9 Å². The molecular formula is C32H41N5O2. The third-order valence-electron chi connectivity index (χ3n) is 8.40. The van der Waals surface area contributed by atoms with Crippen molar-refractivity contribution in [2.24, 2.45) is 21.3 Å². The lowest BCUT2D eigenvalue weighted by Gasteiger charge is -2.26. The van der Waals surface area contributed by atoms with Crippen molar-refractivity contribution in [2.75, 3.05) is 51.8 Å². The third kappa shape index (κ3) is 6.20. The Morgan fingerprint density at radius 3 is 3.00 bits per heavy atom. The Kier molecular flexibility index (Phi) is 7.98. The second kappa shape index (κ2) is 11.9. The van der Waals surface area contributed by atoms with Gasteiger partial charge < -0.3 is 14.8 Å². The quantitative estimate of drug-likeness (QED) is 0.521. The second-order valence-corrected chi connectivity index (χ2v) is 11.3. The van der Waals surface area contributed by atoms with Crippen molar-refractivity contribution in [1.82, 2.24) is 9.80 Å². The molecule has 3 heterocycles. The smallest absolute Gasteiger partial charge is 0.227 e. The molecule has 1 N–H and O–H groups in total. The Bertz CT molecular complexity index is 1220. The molecule has 2 atom stereocenters. The van der Waals surface area contributed by atoms with Crippen LogP contribution in [0.5, 0.6) is 5.75 Å². The number of aliphatic imine (C=N–C) groups is 2. The first-order valence-corrected chi connectivity index (χ1v) is 14.6. The first-order valence-electron chi connectivity index (χ1n) is 14.6. The van der Waals surface area contributed by atoms with Crippen molar-refractivity contribution in [3.05, 3.63) is 72.2 Å². The van der Waals surface area contributed by atoms with Gasteiger partial charge in [-0.05, 0) is 70.1 Å². The van der Waals surface area contributed by atoms with Crippen LogP contribution in [0.3, 0.4) is 0 Å². The van der Waals surface area contributed by atoms with Crippen molar-refractivity contribution >= 4 is 17.4 Å². The van der Waals surface area contributed by atoms with Gasteiger partial charge in [0.25, 0.3) is 0 Å². The van der Waals surface area contributed by atoms with Gasteiger partial charge in [-0.3, -0.25) is 9.80 Å². The van der Waals surface area contributed by atoms with Gasteiger partial charge in [-0.25, -0.2) is 9.98 Å². The number of nitrogens with zero attached hydrogens (tertiary/aromatic N) is 4. The fourth-order valence-corrected chi connectivity index (χ4v) is 6.15. The molecule has 1 aromatic carbocycles. The molecule has 0 amide bonds. The van der Waals surface area contributed by atoms with Crippen LogP contribution in [-0.2, 0) is 11.3 Å². The number of likely N-dealkylation sites (tertiary alicyclic amines) is 1. The van der Waals surface area contributed by atoms with Gasteiger partial charge >= 0.3 is 0 Å². The molecular weight excluding hydrogens is 486 g/mol. The standard InChI is InChI=1S/C32H41N5O2/c1-36-16-4-3-7-20-38-29-10-8-14-32(23-27(29)32)30-11-9-15-33-31(35-30)34-26-12-13-28(25(22-26)24-36)39-21-19-37-17-5-2-6-18-37/h3-4,8-10,12-15,22,27H,2,5-7,11,16-21,23-24H2,1H3,(H,33,34)/b4-3+. The molecule has 2 aliphatic carbocycles. The van der Waals surface area contributed by atoms with Crippen LogP contribution in [0, 0.1) is 11.3 Å². The van der Waals surface area contributed by atoms with E-state index in [0.29, 0.717) is 25.1 Å². The van der Waals surface area contributed by atoms with Crippen molar-refractivity contribution in [3.8, 4) is 5.75 Å². The highest BCUT2D eigenvalue weighted by Gasteiger charge is 2.59. The molecule has 1 aromatic rings. The van der Waals surface area contributed by atoms with E-state index >= 15 is 0 Å². The maximum Gasteiger partial charge on any atom is 0.227 e. The number of rotatable bonds is 4. The number of benzene rings is 1. The summed E-state index contributed by atoms with van der Waals surface area (Å²) in [4.78, 5) is 14.5. The summed E-state index contributed by atoms with van der Waals surface area (Å²) in [7, 11) is 2.15. The van der Waals surface area contributed by atoms with Crippen LogP contribution in [0.25, 0.3) is 0 Å². The Balaban J connectivity index is 1.24. The molecule has 1 saturated heterocycles. The van der Waals surface area contributed by atoms with Crippen LogP contribution in [0.15, 0.2) is 76.6 Å². The van der Waals surface area contributed by atoms with Gasteiger partial charge in [0.05, 0.1) is 6.61 Å². The normalized spacial score (nSPS) is 28.2. The molecule has 2 fully saturated rings. The van der Waals surface area contributed by atoms with Crippen LogP contribution in [0.2, 0.25) is 0 Å². The van der Waals surface area contributed by atoms with E-state index in [9.17, 15) is 0 Å². The number of ether oxygens (including phenoxy) is 2. The predicted octanol–water partition coefficient (Wildman–Crippen LogP) is 5.55. The first-order chi connectivity index (χ1) is 19.2. The van der Waals surface area contributed by atoms with E-state index in [0.717, 1.165) is 61.8 Å². The number of nitrogens with one attached hydrogen (secondary N) is 1. The molecule has 0 aromatic heterocycles. The monoisotopic (exact) mass is 527 g/mol. The van der Waals surface area contributed by atoms with Crippen LogP contribution < -0.4 is 10.1 Å². The molecule has 0 spiro atoms. The van der Waals surface area contributed by atoms with E-state index in [4.69, 9.17) is 14.5 Å². The molecule has 2 unspecified atom stereocenters. The highest BCUT2D eigenvalue weighted by atomic mass is 16.5. The SMILES string of the molecule is CN1C/C=C/CCOC2=CC=CC3(CC23)C2=NC(=NC=CC2)Nc2ccc(OCCN3CCCCC3)c(c2)C1. The molecule has 206 valence electrons. The van der Waals surface area contributed by atoms with Gasteiger partial charge in [0, 0.05) is 60.6 Å². The molecule has 7 nitrogen and oxygen atoms in total. The summed E-state index contributed by atoms with van der Waals surface area (Å²) in [6, 6.07) is 6.37. The van der Waals surface area contributed by atoms with Gasteiger partial charge in [0.2, 0.25) is 5.96 Å². The summed E-state index contributed by atoms with van der Waals surface area (Å²) < 4.78 is 12.6. The summed E-state index contributed by atoms with van der Waals surface area (Å²) in [6.07, 6.45) is 21.7. The minimum Gasteiger partial charge on any atom is -0.497 e. The third-order valence-corrected chi connectivity index (χ3v) is 8.40. The second-order valence-electron chi connectivity index (χ2n) is 11.3. The maximum absolute atomic E-state index is 6.36. The summed E-state index contributed by atoms with van der Waals surface area (Å²) in [5.41, 5.74) is 3.24. The van der Waals surface area contributed by atoms with E-state index in [1.165, 1.54) is 37.9 Å². The zero-order valence-electron chi connectivity index (χ0n) is 23.1. The minimum atomic E-state index is -0.0532. The number of hydrogen-bond donors (Lipinski definition) is 1. The largest absolute Gasteiger partial charge is 0.497 e. The Morgan fingerprint density at radius 2 is 2.08 bits per heavy atom. The van der Waals surface area contributed by atoms with E-state index in [1.807, 2.05) is 6.20 Å². The molecule has 5 aliphatic rings. The van der Waals surface area contributed by atoms with Gasteiger partial charge in [-0.1, -0.05) is 36.8 Å². The zero-order chi connectivity index (χ0) is 26.5. The topological polar surface area (TPSA) is 61.7 Å². The van der Waals surface area contributed by atoms with Crippen LogP contribution >= 0.6 is 0 Å². The minimum absolute atomic E-state index is 0.0532. The fourth-order valence-electron chi connectivity index (χ4n) is 6.15. The van der Waals surface area contributed by atoms with Crippen molar-refractivity contribution < 1.29 is 9.47 Å². The van der Waals surface area contributed by atoms with Gasteiger partial charge in [0.1, 0.15) is 18.1 Å². The maximum atomic E-state index is 6.36. The molecule has 39 heavy (non-hydrogen) atoms. The lowest BCUT2D eigenvalue weighted by atomic mass is 9.90. The number of allylic oxidation sites excluding steroid dienone is 5. The summed E-state index contributed by atoms with van der Waals surface area (Å²) in [5.74, 6) is 3.05. The number of anilines is 1. The summed E-state index contributed by atoms with van der Waals surface area (Å²) in [5, 5.41) is 3.50. The Hall–Kier alpha value is -3.16. The Morgan fingerprint density at radius 1 is 1.15 bits per heavy atom. The molecule has 6 rings (SSSR count). The molecule has 3 aliphatic heterocycles. The first kappa shape index (κ1) is 26.1. The lowest BCUT2D eigenvalue weighted by Crippen LogP contribution is -2.33. The van der Waals surface area contributed by atoms with E-state index < -0.39 is 0 Å². The van der Waals surface area contributed by atoms with Crippen LogP contribution in [0.4, 0.5) is 5.69 Å². The lowest BCUT2D eigenvalue weighted by molar-refractivity contribution is 0.182. The van der Waals surface area contributed by atoms with Gasteiger partial charge in [-0.15, -0.1) is 0 Å². The van der Waals surface area contributed by atoms with Crippen LogP contribution in [0.1, 0.15) is 44.1 Å². The molecule has 0 radical (unpaired) electrons. The fraction of sp³-hybridized carbons (Fsp3) is 0.500. The molecule has 6 bridgehead atoms. The summed E-state index contributed by atoms with van der Waals surface area (Å²) >= 11 is 0. The Labute approximate surface area is 232 Å². The number of piperidine rings is 1. The number of guanidine groups is 1. The summed E-state index contributed by atoms with van der Waals surface area (Å²) in [6.45, 7) is 6.42. The van der Waals surface area contributed by atoms with Gasteiger partial charge in [0.15, 0.2) is 0 Å². The van der Waals surface area contributed by atoms with Crippen molar-refractivity contribution in [1.29, 1.82) is 0 Å². The average molecular weight is 528 g/mol. The van der Waals surface area contributed by atoms with E-state index in [1.54, 1.807) is 0 Å². The van der Waals surface area contributed by atoms with E-state index in [2.05, 4.69) is 81.8 Å². The predicted molar refractivity (Wildman–Crippen MR) is 158 cm³/mol. The van der Waals surface area contributed by atoms with Gasteiger partial charge in [-0.2, -0.15) is 0 Å². The van der Waals surface area contributed by atoms with Crippen molar-refractivity contribution in [2.45, 2.75) is 45.1 Å². The highest BCUT2D eigenvalue weighted by molar-refractivity contribution is 6.08. The van der Waals surface area contributed by atoms with E-state index in [-0.39, 0.29) is 5.41 Å². The number of hydrogen-bond acceptors (Lipinski definition) is 7. The van der Waals surface area contributed by atoms with Crippen molar-refractivity contribution in [3.63, 3.8) is 0 Å². The molecule has 7 heteroatoms. The average Bonchev–Trinajstić information content (AvgIpc) is 3.73. The number of likely N-dealkylation sites (N-methyl/N-ethyl adjacent to an activating group) is 1. The number of fused-ring (bicyclic) bond motifs is 3. The zero-order valence-corrected chi connectivity index (χ0v) is 23.1.